The van der Waals surface area contributed by atoms with E-state index in [1.165, 1.54) is 6.20 Å². The first kappa shape index (κ1) is 28.0. The van der Waals surface area contributed by atoms with E-state index in [4.69, 9.17) is 4.74 Å². The molecule has 13 heteroatoms. The molecule has 43 heavy (non-hydrogen) atoms. The number of carbonyl (C=O) groups is 1. The van der Waals surface area contributed by atoms with Crippen LogP contribution in [0.15, 0.2) is 61.1 Å². The van der Waals surface area contributed by atoms with E-state index in [2.05, 4.69) is 47.3 Å². The Bertz CT molecular complexity index is 1570. The lowest BCUT2D eigenvalue weighted by Crippen LogP contribution is -2.49. The van der Waals surface area contributed by atoms with E-state index in [-0.39, 0.29) is 24.2 Å². The third-order valence-electron chi connectivity index (χ3n) is 7.69. The van der Waals surface area contributed by atoms with Gasteiger partial charge in [0, 0.05) is 37.4 Å². The average molecular weight is 580 g/mol. The standard InChI is InChI=1S/C30H33N11O2/c1-40-17-22(16-34-40)26-11-12-27(39-38-26)41(30(42)33-14-20-5-3-2-4-6-20)25-9-7-23(8-10-25)36-29-32-15-21(13-31)28(37-29)35-24-18-43-19-24/h2-6,11-12,15-17,23-25H,7-10,14,18-19H2,1H3,(H,33,42)(H2,32,35,36,37)/t23-,25-. The van der Waals surface area contributed by atoms with Crippen LogP contribution in [0.3, 0.4) is 0 Å². The number of rotatable bonds is 9. The van der Waals surface area contributed by atoms with E-state index in [9.17, 15) is 10.1 Å². The number of anilines is 3. The van der Waals surface area contributed by atoms with E-state index >= 15 is 0 Å². The maximum atomic E-state index is 13.6. The van der Waals surface area contributed by atoms with Gasteiger partial charge in [-0.25, -0.2) is 9.78 Å². The quantitative estimate of drug-likeness (QED) is 0.268. The highest BCUT2D eigenvalue weighted by atomic mass is 16.5. The molecule has 220 valence electrons. The number of amides is 2. The second kappa shape index (κ2) is 12.8. The molecule has 0 atom stereocenters. The molecule has 0 radical (unpaired) electrons. The van der Waals surface area contributed by atoms with Crippen molar-refractivity contribution >= 4 is 23.6 Å². The largest absolute Gasteiger partial charge is 0.377 e. The number of benzene rings is 1. The molecule has 1 aliphatic carbocycles. The van der Waals surface area contributed by atoms with Crippen molar-refractivity contribution < 1.29 is 9.53 Å². The summed E-state index contributed by atoms with van der Waals surface area (Å²) in [5.74, 6) is 1.48. The van der Waals surface area contributed by atoms with Crippen LogP contribution in [0.5, 0.6) is 0 Å². The Hall–Kier alpha value is -5.09. The second-order valence-corrected chi connectivity index (χ2v) is 10.8. The summed E-state index contributed by atoms with van der Waals surface area (Å²) in [6, 6.07) is 15.7. The lowest BCUT2D eigenvalue weighted by atomic mass is 9.90. The number of nitrogens with one attached hydrogen (secondary N) is 3. The van der Waals surface area contributed by atoms with Crippen LogP contribution in [0.2, 0.25) is 0 Å². The van der Waals surface area contributed by atoms with Crippen LogP contribution >= 0.6 is 0 Å². The van der Waals surface area contributed by atoms with E-state index in [0.29, 0.717) is 48.6 Å². The summed E-state index contributed by atoms with van der Waals surface area (Å²) in [4.78, 5) is 24.3. The van der Waals surface area contributed by atoms with E-state index < -0.39 is 0 Å². The van der Waals surface area contributed by atoms with Crippen molar-refractivity contribution in [3.8, 4) is 17.3 Å². The zero-order valence-corrected chi connectivity index (χ0v) is 23.8. The van der Waals surface area contributed by atoms with Gasteiger partial charge in [-0.05, 0) is 43.4 Å². The van der Waals surface area contributed by atoms with Gasteiger partial charge in [-0.1, -0.05) is 30.3 Å². The molecule has 4 aromatic rings. The van der Waals surface area contributed by atoms with Crippen LogP contribution in [0.4, 0.5) is 22.4 Å². The van der Waals surface area contributed by atoms with Crippen LogP contribution in [-0.2, 0) is 18.3 Å². The zero-order chi connectivity index (χ0) is 29.6. The minimum atomic E-state index is -0.213. The molecular weight excluding hydrogens is 546 g/mol. The normalized spacial score (nSPS) is 18.2. The number of ether oxygens (including phenoxy) is 1. The molecule has 1 aromatic carbocycles. The Labute approximate surface area is 249 Å². The van der Waals surface area contributed by atoms with Gasteiger partial charge in [0.15, 0.2) is 5.82 Å². The SMILES string of the molecule is Cn1cc(-c2ccc(N(C(=O)NCc3ccccc3)[C@H]3CC[C@H](Nc4ncc(C#N)c(NC5COC5)n4)CC3)nn2)cn1. The highest BCUT2D eigenvalue weighted by molar-refractivity contribution is 5.91. The lowest BCUT2D eigenvalue weighted by molar-refractivity contribution is 0.0209. The summed E-state index contributed by atoms with van der Waals surface area (Å²) in [7, 11) is 1.85. The Kier molecular flexibility index (Phi) is 8.37. The zero-order valence-electron chi connectivity index (χ0n) is 23.8. The number of urea groups is 1. The fourth-order valence-corrected chi connectivity index (χ4v) is 5.29. The van der Waals surface area contributed by atoms with Crippen molar-refractivity contribution in [1.82, 2.24) is 35.3 Å². The van der Waals surface area contributed by atoms with Gasteiger partial charge in [0.1, 0.15) is 17.5 Å². The van der Waals surface area contributed by atoms with Crippen LogP contribution in [0.25, 0.3) is 11.3 Å². The highest BCUT2D eigenvalue weighted by Crippen LogP contribution is 2.29. The summed E-state index contributed by atoms with van der Waals surface area (Å²) >= 11 is 0. The molecule has 1 saturated carbocycles. The van der Waals surface area contributed by atoms with Gasteiger partial charge in [-0.3, -0.25) is 9.58 Å². The summed E-state index contributed by atoms with van der Waals surface area (Å²) in [5.41, 5.74) is 2.96. The molecule has 1 aliphatic heterocycles. The number of carbonyl (C=O) groups excluding carboxylic acids is 1. The van der Waals surface area contributed by atoms with Gasteiger partial charge >= 0.3 is 6.03 Å². The van der Waals surface area contributed by atoms with E-state index in [1.54, 1.807) is 15.8 Å². The predicted octanol–water partition coefficient (Wildman–Crippen LogP) is 3.49. The van der Waals surface area contributed by atoms with Gasteiger partial charge < -0.3 is 20.7 Å². The number of hydrogen-bond donors (Lipinski definition) is 3. The number of aryl methyl sites for hydroxylation is 1. The monoisotopic (exact) mass is 579 g/mol. The first-order valence-corrected chi connectivity index (χ1v) is 14.4. The molecule has 0 unspecified atom stereocenters. The Balaban J connectivity index is 1.14. The fourth-order valence-electron chi connectivity index (χ4n) is 5.29. The third-order valence-corrected chi connectivity index (χ3v) is 7.69. The second-order valence-electron chi connectivity index (χ2n) is 10.8. The summed E-state index contributed by atoms with van der Waals surface area (Å²) < 4.78 is 6.94. The third kappa shape index (κ3) is 6.70. The van der Waals surface area contributed by atoms with Gasteiger partial charge in [0.25, 0.3) is 0 Å². The van der Waals surface area contributed by atoms with E-state index in [0.717, 1.165) is 36.8 Å². The van der Waals surface area contributed by atoms with E-state index in [1.807, 2.05) is 55.7 Å². The Morgan fingerprint density at radius 1 is 1.05 bits per heavy atom. The molecule has 13 nitrogen and oxygen atoms in total. The number of hydrogen-bond acceptors (Lipinski definition) is 10. The van der Waals surface area contributed by atoms with Crippen molar-refractivity contribution in [3.63, 3.8) is 0 Å². The molecule has 2 fully saturated rings. The van der Waals surface area contributed by atoms with Crippen LogP contribution in [0, 0.1) is 11.3 Å². The molecule has 4 heterocycles. The van der Waals surface area contributed by atoms with Gasteiger partial charge in [-0.15, -0.1) is 10.2 Å². The molecule has 0 bridgehead atoms. The number of nitrogens with zero attached hydrogens (tertiary/aromatic N) is 8. The Morgan fingerprint density at radius 3 is 2.51 bits per heavy atom. The molecular formula is C30H33N11O2. The maximum Gasteiger partial charge on any atom is 0.323 e. The van der Waals surface area contributed by atoms with Crippen LogP contribution < -0.4 is 20.9 Å². The molecule has 3 aromatic heterocycles. The van der Waals surface area contributed by atoms with Gasteiger partial charge in [0.05, 0.1) is 37.3 Å². The lowest BCUT2D eigenvalue weighted by Gasteiger charge is -2.36. The number of nitriles is 1. The first-order chi connectivity index (χ1) is 21.1. The highest BCUT2D eigenvalue weighted by Gasteiger charge is 2.32. The van der Waals surface area contributed by atoms with Crippen molar-refractivity contribution in [2.24, 2.45) is 7.05 Å². The van der Waals surface area contributed by atoms with Crippen molar-refractivity contribution in [1.29, 1.82) is 5.26 Å². The van der Waals surface area contributed by atoms with Crippen LogP contribution in [0.1, 0.15) is 36.8 Å². The van der Waals surface area contributed by atoms with Crippen molar-refractivity contribution in [2.45, 2.75) is 50.4 Å². The maximum absolute atomic E-state index is 13.6. The fraction of sp³-hybridized carbons (Fsp3) is 0.367. The molecule has 3 N–H and O–H groups in total. The smallest absolute Gasteiger partial charge is 0.323 e. The molecule has 0 spiro atoms. The minimum Gasteiger partial charge on any atom is -0.377 e. The topological polar surface area (TPSA) is 159 Å². The average Bonchev–Trinajstić information content (AvgIpc) is 3.46. The van der Waals surface area contributed by atoms with Crippen LogP contribution in [-0.4, -0.2) is 67.3 Å². The van der Waals surface area contributed by atoms with Gasteiger partial charge in [-0.2, -0.15) is 15.3 Å². The summed E-state index contributed by atoms with van der Waals surface area (Å²) in [5, 5.41) is 32.3. The molecule has 6 rings (SSSR count). The van der Waals surface area contributed by atoms with Crippen molar-refractivity contribution in [2.75, 3.05) is 28.7 Å². The van der Waals surface area contributed by atoms with Crippen molar-refractivity contribution in [3.05, 3.63) is 72.2 Å². The summed E-state index contributed by atoms with van der Waals surface area (Å²) in [6.45, 7) is 1.59. The van der Waals surface area contributed by atoms with Gasteiger partial charge in [0.2, 0.25) is 5.95 Å². The first-order valence-electron chi connectivity index (χ1n) is 14.4. The molecule has 2 amide bonds. The number of aromatic nitrogens is 6. The summed E-state index contributed by atoms with van der Waals surface area (Å²) in [6.07, 6.45) is 8.26. The molecule has 1 saturated heterocycles. The Morgan fingerprint density at radius 2 is 1.86 bits per heavy atom. The molecule has 2 aliphatic rings. The predicted molar refractivity (Wildman–Crippen MR) is 160 cm³/mol. The minimum absolute atomic E-state index is 0.0647.